The van der Waals surface area contributed by atoms with Crippen molar-refractivity contribution in [3.63, 3.8) is 0 Å². The van der Waals surface area contributed by atoms with E-state index in [1.807, 2.05) is 12.2 Å². The predicted octanol–water partition coefficient (Wildman–Crippen LogP) is 0.343. The summed E-state index contributed by atoms with van der Waals surface area (Å²) in [5.41, 5.74) is 0.745. The number of amides is 4. The zero-order valence-corrected chi connectivity index (χ0v) is 8.84. The average molecular weight is 225 g/mol. The van der Waals surface area contributed by atoms with Gasteiger partial charge < -0.3 is 0 Å². The lowest BCUT2D eigenvalue weighted by molar-refractivity contribution is -0.134. The number of thiazole rings is 1. The van der Waals surface area contributed by atoms with Crippen molar-refractivity contribution in [1.82, 2.24) is 10.3 Å². The number of nitrogens with one attached hydrogen (secondary N) is 1. The number of rotatable bonds is 1. The standard InChI is InChI=1S/C8H7N3O3S/c1-3-4(2)15-8(9-3)11-6(13)5(12)10-7(11)14/h1-2H3,(H,10,12,14). The highest BCUT2D eigenvalue weighted by atomic mass is 32.1. The molecule has 1 aliphatic rings. The quantitative estimate of drug-likeness (QED) is 0.552. The summed E-state index contributed by atoms with van der Waals surface area (Å²) in [6.45, 7) is 3.60. The van der Waals surface area contributed by atoms with Gasteiger partial charge in [0.2, 0.25) is 5.13 Å². The molecule has 2 heterocycles. The van der Waals surface area contributed by atoms with Crippen LogP contribution in [0, 0.1) is 13.8 Å². The van der Waals surface area contributed by atoms with E-state index in [9.17, 15) is 14.4 Å². The Morgan fingerprint density at radius 3 is 2.33 bits per heavy atom. The topological polar surface area (TPSA) is 79.4 Å². The van der Waals surface area contributed by atoms with E-state index in [0.29, 0.717) is 0 Å². The van der Waals surface area contributed by atoms with Crippen LogP contribution < -0.4 is 10.2 Å². The van der Waals surface area contributed by atoms with Crippen LogP contribution in [0.5, 0.6) is 0 Å². The van der Waals surface area contributed by atoms with E-state index in [0.717, 1.165) is 15.5 Å². The first kappa shape index (κ1) is 9.78. The van der Waals surface area contributed by atoms with Gasteiger partial charge in [0.05, 0.1) is 5.69 Å². The number of urea groups is 1. The molecule has 0 bridgehead atoms. The molecule has 0 atom stereocenters. The summed E-state index contributed by atoms with van der Waals surface area (Å²) < 4.78 is 0. The normalized spacial score (nSPS) is 16.1. The lowest BCUT2D eigenvalue weighted by Crippen LogP contribution is -2.30. The number of nitrogens with zero attached hydrogens (tertiary/aromatic N) is 2. The van der Waals surface area contributed by atoms with Crippen LogP contribution in [0.4, 0.5) is 9.93 Å². The zero-order chi connectivity index (χ0) is 11.2. The van der Waals surface area contributed by atoms with Crippen LogP contribution >= 0.6 is 11.3 Å². The Kier molecular flexibility index (Phi) is 2.04. The predicted molar refractivity (Wildman–Crippen MR) is 52.6 cm³/mol. The van der Waals surface area contributed by atoms with Crippen molar-refractivity contribution in [2.24, 2.45) is 0 Å². The van der Waals surface area contributed by atoms with Crippen molar-refractivity contribution >= 4 is 34.3 Å². The lowest BCUT2D eigenvalue weighted by atomic mass is 10.4. The molecule has 0 saturated carbocycles. The van der Waals surface area contributed by atoms with Crippen LogP contribution in [0.25, 0.3) is 0 Å². The number of carbonyl (C=O) groups is 3. The van der Waals surface area contributed by atoms with E-state index in [2.05, 4.69) is 4.98 Å². The average Bonchev–Trinajstić information content (AvgIpc) is 2.57. The Balaban J connectivity index is 2.43. The summed E-state index contributed by atoms with van der Waals surface area (Å²) >= 11 is 1.20. The molecule has 0 aromatic carbocycles. The second-order valence-corrected chi connectivity index (χ2v) is 4.22. The van der Waals surface area contributed by atoms with E-state index in [4.69, 9.17) is 0 Å². The van der Waals surface area contributed by atoms with E-state index in [1.165, 1.54) is 11.3 Å². The summed E-state index contributed by atoms with van der Waals surface area (Å²) in [7, 11) is 0. The summed E-state index contributed by atoms with van der Waals surface area (Å²) in [5, 5.41) is 2.14. The third-order valence-electron chi connectivity index (χ3n) is 2.03. The molecule has 2 rings (SSSR count). The Morgan fingerprint density at radius 1 is 1.27 bits per heavy atom. The molecular formula is C8H7N3O3S. The van der Waals surface area contributed by atoms with Crippen molar-refractivity contribution in [1.29, 1.82) is 0 Å². The van der Waals surface area contributed by atoms with Gasteiger partial charge in [0.15, 0.2) is 0 Å². The SMILES string of the molecule is Cc1nc(N2C(=O)NC(=O)C2=O)sc1C. The number of aromatic nitrogens is 1. The van der Waals surface area contributed by atoms with Gasteiger partial charge in [-0.3, -0.25) is 14.9 Å². The van der Waals surface area contributed by atoms with Gasteiger partial charge in [-0.25, -0.2) is 9.78 Å². The molecule has 1 N–H and O–H groups in total. The van der Waals surface area contributed by atoms with Crippen molar-refractivity contribution in [3.8, 4) is 0 Å². The van der Waals surface area contributed by atoms with Crippen molar-refractivity contribution in [2.75, 3.05) is 4.90 Å². The zero-order valence-electron chi connectivity index (χ0n) is 8.03. The maximum absolute atomic E-state index is 11.3. The monoisotopic (exact) mass is 225 g/mol. The molecule has 1 aromatic heterocycles. The summed E-state index contributed by atoms with van der Waals surface area (Å²) in [6, 6.07) is -0.737. The molecule has 6 nitrogen and oxygen atoms in total. The Labute approximate surface area is 88.9 Å². The van der Waals surface area contributed by atoms with Gasteiger partial charge in [0.1, 0.15) is 0 Å². The third kappa shape index (κ3) is 1.40. The van der Waals surface area contributed by atoms with Gasteiger partial charge in [-0.1, -0.05) is 0 Å². The van der Waals surface area contributed by atoms with E-state index in [1.54, 1.807) is 6.92 Å². The number of hydrogen-bond donors (Lipinski definition) is 1. The Morgan fingerprint density at radius 2 is 1.93 bits per heavy atom. The minimum atomic E-state index is -0.912. The van der Waals surface area contributed by atoms with Gasteiger partial charge in [-0.2, -0.15) is 4.90 Å². The second-order valence-electron chi connectivity index (χ2n) is 3.04. The Hall–Kier alpha value is -1.76. The van der Waals surface area contributed by atoms with Crippen LogP contribution in [0.3, 0.4) is 0 Å². The summed E-state index contributed by atoms with van der Waals surface area (Å²) in [4.78, 5) is 39.2. The minimum absolute atomic E-state index is 0.235. The van der Waals surface area contributed by atoms with Gasteiger partial charge in [-0.15, -0.1) is 11.3 Å². The van der Waals surface area contributed by atoms with Crippen LogP contribution in [0.2, 0.25) is 0 Å². The van der Waals surface area contributed by atoms with Gasteiger partial charge in [-0.05, 0) is 13.8 Å². The number of carbonyl (C=O) groups excluding carboxylic acids is 3. The van der Waals surface area contributed by atoms with Crippen molar-refractivity contribution < 1.29 is 14.4 Å². The number of aryl methyl sites for hydroxylation is 2. The van der Waals surface area contributed by atoms with E-state index < -0.39 is 17.8 Å². The molecule has 78 valence electrons. The van der Waals surface area contributed by atoms with E-state index >= 15 is 0 Å². The van der Waals surface area contributed by atoms with Crippen LogP contribution in [-0.2, 0) is 9.59 Å². The lowest BCUT2D eigenvalue weighted by Gasteiger charge is -2.04. The number of imide groups is 2. The summed E-state index contributed by atoms with van der Waals surface area (Å²) in [6.07, 6.45) is 0. The molecule has 1 aromatic rings. The van der Waals surface area contributed by atoms with Crippen LogP contribution in [-0.4, -0.2) is 22.8 Å². The first-order chi connectivity index (χ1) is 7.00. The smallest absolute Gasteiger partial charge is 0.269 e. The number of anilines is 1. The molecule has 1 fully saturated rings. The highest BCUT2D eigenvalue weighted by Gasteiger charge is 2.39. The van der Waals surface area contributed by atoms with Gasteiger partial charge >= 0.3 is 17.8 Å². The maximum atomic E-state index is 11.3. The molecule has 0 unspecified atom stereocenters. The molecule has 15 heavy (non-hydrogen) atoms. The van der Waals surface area contributed by atoms with Crippen molar-refractivity contribution in [3.05, 3.63) is 10.6 Å². The third-order valence-corrected chi connectivity index (χ3v) is 3.09. The summed E-state index contributed by atoms with van der Waals surface area (Å²) in [5.74, 6) is -1.79. The van der Waals surface area contributed by atoms with Crippen LogP contribution in [0.1, 0.15) is 10.6 Å². The second kappa shape index (κ2) is 3.13. The molecule has 0 spiro atoms. The van der Waals surface area contributed by atoms with Crippen LogP contribution in [0.15, 0.2) is 0 Å². The van der Waals surface area contributed by atoms with E-state index in [-0.39, 0.29) is 5.13 Å². The molecular weight excluding hydrogens is 218 g/mol. The first-order valence-electron chi connectivity index (χ1n) is 4.14. The fourth-order valence-electron chi connectivity index (χ4n) is 1.13. The van der Waals surface area contributed by atoms with Gasteiger partial charge in [0.25, 0.3) is 0 Å². The number of hydrogen-bond acceptors (Lipinski definition) is 5. The minimum Gasteiger partial charge on any atom is -0.269 e. The molecule has 1 saturated heterocycles. The first-order valence-corrected chi connectivity index (χ1v) is 4.96. The molecule has 4 amide bonds. The fourth-order valence-corrected chi connectivity index (χ4v) is 2.03. The molecule has 0 radical (unpaired) electrons. The fraction of sp³-hybridized carbons (Fsp3) is 0.250. The highest BCUT2D eigenvalue weighted by Crippen LogP contribution is 2.26. The maximum Gasteiger partial charge on any atom is 0.338 e. The Bertz CT molecular complexity index is 460. The van der Waals surface area contributed by atoms with Crippen molar-refractivity contribution in [2.45, 2.75) is 13.8 Å². The van der Waals surface area contributed by atoms with Gasteiger partial charge in [0, 0.05) is 4.88 Å². The highest BCUT2D eigenvalue weighted by molar-refractivity contribution is 7.16. The molecule has 1 aliphatic heterocycles. The molecule has 7 heteroatoms. The molecule has 0 aliphatic carbocycles. The largest absolute Gasteiger partial charge is 0.338 e.